The van der Waals surface area contributed by atoms with E-state index in [4.69, 9.17) is 5.11 Å². The Labute approximate surface area is 144 Å². The molecule has 25 heavy (non-hydrogen) atoms. The summed E-state index contributed by atoms with van der Waals surface area (Å²) in [5.41, 5.74) is 2.29. The number of aliphatic hydroxyl groups excluding tert-OH is 1. The summed E-state index contributed by atoms with van der Waals surface area (Å²) in [6.07, 6.45) is 2.91. The molecule has 126 valence electrons. The second-order valence-corrected chi connectivity index (χ2v) is 5.77. The number of carbonyl (C=O) groups excluding carboxylic acids is 1. The molecule has 3 rings (SSSR count). The van der Waals surface area contributed by atoms with Gasteiger partial charge < -0.3 is 5.11 Å². The van der Waals surface area contributed by atoms with Crippen LogP contribution < -0.4 is 5.56 Å². The molecule has 1 heterocycles. The smallest absolute Gasteiger partial charge is 0.261 e. The lowest BCUT2D eigenvalue weighted by Gasteiger charge is -2.11. The zero-order valence-corrected chi connectivity index (χ0v) is 13.8. The van der Waals surface area contributed by atoms with Crippen LogP contribution in [0.5, 0.6) is 0 Å². The molecule has 1 aromatic heterocycles. The van der Waals surface area contributed by atoms with Gasteiger partial charge in [0.2, 0.25) is 0 Å². The maximum atomic E-state index is 12.8. The summed E-state index contributed by atoms with van der Waals surface area (Å²) in [6.45, 7) is 1.76. The third-order valence-electron chi connectivity index (χ3n) is 3.97. The van der Waals surface area contributed by atoms with Gasteiger partial charge in [0, 0.05) is 0 Å². The summed E-state index contributed by atoms with van der Waals surface area (Å²) in [4.78, 5) is 28.5. The number of rotatable bonds is 5. The Kier molecular flexibility index (Phi) is 4.86. The molecule has 0 saturated heterocycles. The number of fused-ring (bicyclic) bond motifs is 1. The van der Waals surface area contributed by atoms with Crippen LogP contribution in [-0.4, -0.2) is 27.0 Å². The number of benzene rings is 2. The minimum atomic E-state index is -0.522. The quantitative estimate of drug-likeness (QED) is 0.727. The molecule has 0 atom stereocenters. The minimum Gasteiger partial charge on any atom is -0.388 e. The number of aryl methyl sites for hydroxylation is 1. The van der Waals surface area contributed by atoms with Gasteiger partial charge in [0.25, 0.3) is 5.56 Å². The second-order valence-electron chi connectivity index (χ2n) is 5.77. The van der Waals surface area contributed by atoms with E-state index in [-0.39, 0.29) is 11.3 Å². The third-order valence-corrected chi connectivity index (χ3v) is 3.97. The van der Waals surface area contributed by atoms with E-state index in [1.807, 2.05) is 37.3 Å². The monoisotopic (exact) mass is 334 g/mol. The predicted molar refractivity (Wildman–Crippen MR) is 97.4 cm³/mol. The molecule has 0 fully saturated rings. The highest BCUT2D eigenvalue weighted by Crippen LogP contribution is 2.14. The summed E-state index contributed by atoms with van der Waals surface area (Å²) in [5.74, 6) is 0.261. The molecular formula is C20H18N2O3. The van der Waals surface area contributed by atoms with Crippen molar-refractivity contribution in [3.63, 3.8) is 0 Å². The number of nitrogens with zero attached hydrogens (tertiary/aromatic N) is 2. The Morgan fingerprint density at radius 1 is 1.20 bits per heavy atom. The topological polar surface area (TPSA) is 72.2 Å². The van der Waals surface area contributed by atoms with E-state index in [0.29, 0.717) is 23.3 Å². The molecule has 0 aliphatic rings. The van der Waals surface area contributed by atoms with Gasteiger partial charge in [-0.05, 0) is 36.3 Å². The first-order valence-electron chi connectivity index (χ1n) is 7.95. The fraction of sp³-hybridized carbons (Fsp3) is 0.150. The van der Waals surface area contributed by atoms with E-state index in [9.17, 15) is 9.59 Å². The Morgan fingerprint density at radius 2 is 1.96 bits per heavy atom. The first-order chi connectivity index (χ1) is 12.1. The summed E-state index contributed by atoms with van der Waals surface area (Å²) >= 11 is 0. The van der Waals surface area contributed by atoms with Crippen molar-refractivity contribution in [2.75, 3.05) is 6.61 Å². The fourth-order valence-electron chi connectivity index (χ4n) is 2.65. The van der Waals surface area contributed by atoms with Gasteiger partial charge >= 0.3 is 0 Å². The summed E-state index contributed by atoms with van der Waals surface area (Å²) in [6, 6.07) is 15.0. The van der Waals surface area contributed by atoms with Crippen molar-refractivity contribution in [1.29, 1.82) is 0 Å². The van der Waals surface area contributed by atoms with Crippen LogP contribution in [-0.2, 0) is 11.3 Å². The van der Waals surface area contributed by atoms with Crippen LogP contribution in [0.3, 0.4) is 0 Å². The first-order valence-corrected chi connectivity index (χ1v) is 7.95. The van der Waals surface area contributed by atoms with E-state index < -0.39 is 6.61 Å². The summed E-state index contributed by atoms with van der Waals surface area (Å²) in [7, 11) is 0. The van der Waals surface area contributed by atoms with Gasteiger partial charge in [-0.3, -0.25) is 14.2 Å². The van der Waals surface area contributed by atoms with Gasteiger partial charge in [-0.1, -0.05) is 42.5 Å². The molecule has 3 aromatic rings. The number of hydrogen-bond donors (Lipinski definition) is 1. The number of hydrogen-bond acceptors (Lipinski definition) is 4. The van der Waals surface area contributed by atoms with E-state index in [1.165, 1.54) is 6.08 Å². The second kappa shape index (κ2) is 7.23. The zero-order chi connectivity index (χ0) is 17.8. The van der Waals surface area contributed by atoms with Crippen molar-refractivity contribution in [3.05, 3.63) is 81.9 Å². The molecule has 0 aliphatic heterocycles. The molecule has 5 nitrogen and oxygen atoms in total. The Morgan fingerprint density at radius 3 is 2.68 bits per heavy atom. The number of ketones is 1. The molecule has 0 bridgehead atoms. The number of aromatic nitrogens is 2. The van der Waals surface area contributed by atoms with Crippen molar-refractivity contribution in [3.8, 4) is 0 Å². The first kappa shape index (κ1) is 16.8. The highest BCUT2D eigenvalue weighted by Gasteiger charge is 2.09. The van der Waals surface area contributed by atoms with Crippen molar-refractivity contribution in [1.82, 2.24) is 9.55 Å². The molecule has 0 unspecified atom stereocenters. The van der Waals surface area contributed by atoms with Gasteiger partial charge in [-0.15, -0.1) is 0 Å². The lowest BCUT2D eigenvalue weighted by molar-refractivity contribution is -0.117. The van der Waals surface area contributed by atoms with E-state index in [1.54, 1.807) is 28.8 Å². The van der Waals surface area contributed by atoms with Crippen LogP contribution in [0, 0.1) is 6.92 Å². The predicted octanol–water partition coefficient (Wildman–Crippen LogP) is 2.33. The van der Waals surface area contributed by atoms with E-state index in [0.717, 1.165) is 11.1 Å². The Bertz CT molecular complexity index is 1000. The van der Waals surface area contributed by atoms with Crippen LogP contribution in [0.25, 0.3) is 17.0 Å². The molecule has 0 radical (unpaired) electrons. The van der Waals surface area contributed by atoms with Gasteiger partial charge in [-0.2, -0.15) is 0 Å². The highest BCUT2D eigenvalue weighted by atomic mass is 16.3. The van der Waals surface area contributed by atoms with Gasteiger partial charge in [0.05, 0.1) is 17.4 Å². The maximum Gasteiger partial charge on any atom is 0.261 e. The van der Waals surface area contributed by atoms with Crippen molar-refractivity contribution in [2.24, 2.45) is 0 Å². The zero-order valence-electron chi connectivity index (χ0n) is 13.8. The fourth-order valence-corrected chi connectivity index (χ4v) is 2.65. The number of carbonyl (C=O) groups is 1. The van der Waals surface area contributed by atoms with Gasteiger partial charge in [0.1, 0.15) is 12.4 Å². The molecule has 0 saturated carbocycles. The van der Waals surface area contributed by atoms with Gasteiger partial charge in [0.15, 0.2) is 5.78 Å². The van der Waals surface area contributed by atoms with Gasteiger partial charge in [-0.25, -0.2) is 4.98 Å². The van der Waals surface area contributed by atoms with E-state index in [2.05, 4.69) is 4.98 Å². The van der Waals surface area contributed by atoms with Crippen LogP contribution in [0.15, 0.2) is 59.4 Å². The Hall–Kier alpha value is -3.05. The van der Waals surface area contributed by atoms with Crippen LogP contribution in [0.4, 0.5) is 0 Å². The van der Waals surface area contributed by atoms with Crippen molar-refractivity contribution >= 4 is 22.8 Å². The van der Waals surface area contributed by atoms with Crippen LogP contribution in [0.1, 0.15) is 17.0 Å². The standard InChI is InChI=1S/C20H18N2O3/c1-14-21-19-11-15(7-9-17(24)13-23)8-10-18(19)20(25)22(14)12-16-5-3-2-4-6-16/h2-11,23H,12-13H2,1H3/b9-7+. The average molecular weight is 334 g/mol. The van der Waals surface area contributed by atoms with Crippen LogP contribution in [0.2, 0.25) is 0 Å². The van der Waals surface area contributed by atoms with Crippen molar-refractivity contribution < 1.29 is 9.90 Å². The van der Waals surface area contributed by atoms with Crippen LogP contribution >= 0.6 is 0 Å². The SMILES string of the molecule is Cc1nc2cc(/C=C/C(=O)CO)ccc2c(=O)n1Cc1ccccc1. The highest BCUT2D eigenvalue weighted by molar-refractivity contribution is 5.94. The maximum absolute atomic E-state index is 12.8. The normalized spacial score (nSPS) is 11.3. The lowest BCUT2D eigenvalue weighted by atomic mass is 10.1. The lowest BCUT2D eigenvalue weighted by Crippen LogP contribution is -2.24. The largest absolute Gasteiger partial charge is 0.388 e. The minimum absolute atomic E-state index is 0.0895. The molecule has 1 N–H and O–H groups in total. The van der Waals surface area contributed by atoms with Crippen molar-refractivity contribution in [2.45, 2.75) is 13.5 Å². The molecule has 0 aliphatic carbocycles. The molecular weight excluding hydrogens is 316 g/mol. The average Bonchev–Trinajstić information content (AvgIpc) is 2.63. The molecule has 0 spiro atoms. The summed E-state index contributed by atoms with van der Waals surface area (Å²) in [5, 5.41) is 9.29. The molecule has 5 heteroatoms. The Balaban J connectivity index is 2.01. The molecule has 2 aromatic carbocycles. The third kappa shape index (κ3) is 3.72. The van der Waals surface area contributed by atoms with E-state index >= 15 is 0 Å². The number of aliphatic hydroxyl groups is 1. The summed E-state index contributed by atoms with van der Waals surface area (Å²) < 4.78 is 1.66. The molecule has 0 amide bonds.